The quantitative estimate of drug-likeness (QED) is 0.448. The minimum atomic E-state index is -0.509. The number of rotatable bonds is 6. The van der Waals surface area contributed by atoms with Gasteiger partial charge in [-0.05, 0) is 62.9 Å². The monoisotopic (exact) mass is 473 g/mol. The van der Waals surface area contributed by atoms with Gasteiger partial charge < -0.3 is 14.4 Å². The van der Waals surface area contributed by atoms with Crippen LogP contribution in [0.4, 0.5) is 4.79 Å². The molecule has 0 spiro atoms. The van der Waals surface area contributed by atoms with Gasteiger partial charge in [-0.25, -0.2) is 4.79 Å². The number of ether oxygens (including phenoxy) is 2. The van der Waals surface area contributed by atoms with E-state index in [1.807, 2.05) is 68.1 Å². The standard InChI is InChI=1S/C25H32BrNO3/c1-25(2,3)30-24(28)27(22-12-8-5-9-13-22)17-20-14-21(26)16-23(15-20)29-18-19-10-6-4-7-11-19/h4,6-7,10-11,14-16,22H,5,8-9,12-13,17-18H2,1-3H3. The highest BCUT2D eigenvalue weighted by Gasteiger charge is 2.29. The summed E-state index contributed by atoms with van der Waals surface area (Å²) in [6.07, 6.45) is 5.39. The molecule has 2 aromatic carbocycles. The molecule has 162 valence electrons. The van der Waals surface area contributed by atoms with Gasteiger partial charge in [-0.2, -0.15) is 0 Å². The molecule has 1 saturated carbocycles. The van der Waals surface area contributed by atoms with E-state index < -0.39 is 5.60 Å². The Hall–Kier alpha value is -2.01. The minimum absolute atomic E-state index is 0.223. The van der Waals surface area contributed by atoms with E-state index in [0.717, 1.165) is 47.0 Å². The molecule has 1 aliphatic carbocycles. The Bertz CT molecular complexity index is 826. The molecule has 3 rings (SSSR count). The van der Waals surface area contributed by atoms with E-state index in [1.54, 1.807) is 0 Å². The van der Waals surface area contributed by atoms with Crippen LogP contribution in [0, 0.1) is 0 Å². The number of carbonyl (C=O) groups is 1. The van der Waals surface area contributed by atoms with E-state index in [2.05, 4.69) is 22.0 Å². The number of halogens is 1. The van der Waals surface area contributed by atoms with Crippen molar-refractivity contribution in [2.75, 3.05) is 0 Å². The van der Waals surface area contributed by atoms with Gasteiger partial charge in [-0.15, -0.1) is 0 Å². The largest absolute Gasteiger partial charge is 0.489 e. The molecule has 0 N–H and O–H groups in total. The van der Waals surface area contributed by atoms with Gasteiger partial charge in [0, 0.05) is 17.1 Å². The number of nitrogens with zero attached hydrogens (tertiary/aromatic N) is 1. The summed E-state index contributed by atoms with van der Waals surface area (Å²) in [7, 11) is 0. The Labute approximate surface area is 188 Å². The van der Waals surface area contributed by atoms with Gasteiger partial charge in [-0.1, -0.05) is 65.5 Å². The van der Waals surface area contributed by atoms with Crippen LogP contribution in [0.15, 0.2) is 53.0 Å². The fourth-order valence-corrected chi connectivity index (χ4v) is 4.31. The van der Waals surface area contributed by atoms with Crippen molar-refractivity contribution in [2.24, 2.45) is 0 Å². The zero-order valence-electron chi connectivity index (χ0n) is 18.2. The molecule has 0 unspecified atom stereocenters. The van der Waals surface area contributed by atoms with E-state index in [0.29, 0.717) is 13.2 Å². The van der Waals surface area contributed by atoms with Crippen molar-refractivity contribution in [3.05, 3.63) is 64.1 Å². The third kappa shape index (κ3) is 7.05. The average molecular weight is 474 g/mol. The van der Waals surface area contributed by atoms with E-state index in [-0.39, 0.29) is 12.1 Å². The van der Waals surface area contributed by atoms with Gasteiger partial charge in [-0.3, -0.25) is 0 Å². The van der Waals surface area contributed by atoms with Crippen LogP contribution >= 0.6 is 15.9 Å². The summed E-state index contributed by atoms with van der Waals surface area (Å²) in [5.41, 5.74) is 1.64. The SMILES string of the molecule is CC(C)(C)OC(=O)N(Cc1cc(Br)cc(OCc2ccccc2)c1)C1CCCCC1. The lowest BCUT2D eigenvalue weighted by Gasteiger charge is -2.35. The van der Waals surface area contributed by atoms with Crippen LogP contribution in [0.1, 0.15) is 64.0 Å². The molecule has 0 aromatic heterocycles. The number of hydrogen-bond acceptors (Lipinski definition) is 3. The van der Waals surface area contributed by atoms with Crippen molar-refractivity contribution in [3.8, 4) is 5.75 Å². The topological polar surface area (TPSA) is 38.8 Å². The first-order chi connectivity index (χ1) is 14.3. The number of carbonyl (C=O) groups excluding carboxylic acids is 1. The fourth-order valence-electron chi connectivity index (χ4n) is 3.79. The van der Waals surface area contributed by atoms with Crippen molar-refractivity contribution >= 4 is 22.0 Å². The number of hydrogen-bond donors (Lipinski definition) is 0. The third-order valence-electron chi connectivity index (χ3n) is 5.18. The lowest BCUT2D eigenvalue weighted by atomic mass is 9.94. The van der Waals surface area contributed by atoms with Crippen molar-refractivity contribution < 1.29 is 14.3 Å². The van der Waals surface area contributed by atoms with E-state index in [4.69, 9.17) is 9.47 Å². The predicted molar refractivity (Wildman–Crippen MR) is 124 cm³/mol. The Balaban J connectivity index is 1.75. The fraction of sp³-hybridized carbons (Fsp3) is 0.480. The van der Waals surface area contributed by atoms with E-state index in [1.165, 1.54) is 6.42 Å². The van der Waals surface area contributed by atoms with Crippen molar-refractivity contribution in [1.82, 2.24) is 4.90 Å². The van der Waals surface area contributed by atoms with Crippen molar-refractivity contribution in [3.63, 3.8) is 0 Å². The molecule has 0 saturated heterocycles. The summed E-state index contributed by atoms with van der Waals surface area (Å²) in [4.78, 5) is 14.9. The van der Waals surface area contributed by atoms with Crippen LogP contribution in [0.2, 0.25) is 0 Å². The summed E-state index contributed by atoms with van der Waals surface area (Å²) in [5.74, 6) is 0.788. The minimum Gasteiger partial charge on any atom is -0.489 e. The molecule has 0 atom stereocenters. The predicted octanol–water partition coefficient (Wildman–Crippen LogP) is 7.10. The Morgan fingerprint density at radius 3 is 2.40 bits per heavy atom. The lowest BCUT2D eigenvalue weighted by Crippen LogP contribution is -2.43. The Kier molecular flexibility index (Phi) is 7.81. The van der Waals surface area contributed by atoms with Crippen LogP contribution in [-0.4, -0.2) is 22.6 Å². The number of amides is 1. The number of benzene rings is 2. The lowest BCUT2D eigenvalue weighted by molar-refractivity contribution is 0.00986. The smallest absolute Gasteiger partial charge is 0.410 e. The molecule has 0 heterocycles. The van der Waals surface area contributed by atoms with Crippen LogP contribution in [0.25, 0.3) is 0 Å². The van der Waals surface area contributed by atoms with Crippen LogP contribution in [0.5, 0.6) is 5.75 Å². The normalized spacial score (nSPS) is 14.9. The van der Waals surface area contributed by atoms with Gasteiger partial charge in [0.25, 0.3) is 0 Å². The van der Waals surface area contributed by atoms with Crippen LogP contribution in [-0.2, 0) is 17.9 Å². The molecule has 0 bridgehead atoms. The summed E-state index contributed by atoms with van der Waals surface area (Å²) in [6, 6.07) is 16.4. The molecule has 0 radical (unpaired) electrons. The van der Waals surface area contributed by atoms with Gasteiger partial charge in [0.15, 0.2) is 0 Å². The van der Waals surface area contributed by atoms with Crippen molar-refractivity contribution in [1.29, 1.82) is 0 Å². The first-order valence-corrected chi connectivity index (χ1v) is 11.6. The maximum Gasteiger partial charge on any atom is 0.410 e. The Morgan fingerprint density at radius 2 is 1.73 bits per heavy atom. The highest BCUT2D eigenvalue weighted by molar-refractivity contribution is 9.10. The zero-order chi connectivity index (χ0) is 21.6. The maximum atomic E-state index is 13.0. The highest BCUT2D eigenvalue weighted by Crippen LogP contribution is 2.28. The van der Waals surface area contributed by atoms with E-state index >= 15 is 0 Å². The molecule has 1 aliphatic rings. The van der Waals surface area contributed by atoms with Gasteiger partial charge in [0.1, 0.15) is 18.0 Å². The molecule has 4 nitrogen and oxygen atoms in total. The van der Waals surface area contributed by atoms with Crippen LogP contribution in [0.3, 0.4) is 0 Å². The first-order valence-electron chi connectivity index (χ1n) is 10.8. The average Bonchev–Trinajstić information content (AvgIpc) is 2.70. The second-order valence-electron chi connectivity index (χ2n) is 8.97. The second kappa shape index (κ2) is 10.3. The first kappa shape index (κ1) is 22.7. The molecule has 2 aromatic rings. The summed E-state index contributed by atoms with van der Waals surface area (Å²) in [6.45, 7) is 6.77. The highest BCUT2D eigenvalue weighted by atomic mass is 79.9. The maximum absolute atomic E-state index is 13.0. The van der Waals surface area contributed by atoms with Gasteiger partial charge >= 0.3 is 6.09 Å². The molecule has 1 fully saturated rings. The molecule has 5 heteroatoms. The van der Waals surface area contributed by atoms with E-state index in [9.17, 15) is 4.79 Å². The molecular weight excluding hydrogens is 442 g/mol. The molecule has 1 amide bonds. The molecule has 0 aliphatic heterocycles. The summed E-state index contributed by atoms with van der Waals surface area (Å²) >= 11 is 3.60. The molecule has 30 heavy (non-hydrogen) atoms. The van der Waals surface area contributed by atoms with Crippen molar-refractivity contribution in [2.45, 2.75) is 77.7 Å². The second-order valence-corrected chi connectivity index (χ2v) is 9.89. The summed E-state index contributed by atoms with van der Waals surface area (Å²) in [5, 5.41) is 0. The van der Waals surface area contributed by atoms with Gasteiger partial charge in [0.05, 0.1) is 0 Å². The van der Waals surface area contributed by atoms with Gasteiger partial charge in [0.2, 0.25) is 0 Å². The zero-order valence-corrected chi connectivity index (χ0v) is 19.8. The Morgan fingerprint density at radius 1 is 1.03 bits per heavy atom. The van der Waals surface area contributed by atoms with Crippen LogP contribution < -0.4 is 4.74 Å². The third-order valence-corrected chi connectivity index (χ3v) is 5.63. The summed E-state index contributed by atoms with van der Waals surface area (Å²) < 4.78 is 12.7. The molecular formula is C25H32BrNO3.